The molecule has 0 amide bonds. The quantitative estimate of drug-likeness (QED) is 0.750. The largest absolute Gasteiger partial charge is 0.317 e. The van der Waals surface area contributed by atoms with Crippen molar-refractivity contribution in [2.24, 2.45) is 0 Å². The lowest BCUT2D eigenvalue weighted by Crippen LogP contribution is -2.28. The van der Waals surface area contributed by atoms with Gasteiger partial charge in [0.15, 0.2) is 0 Å². The summed E-state index contributed by atoms with van der Waals surface area (Å²) in [5, 5.41) is 7.85. The molecule has 1 fully saturated rings. The van der Waals surface area contributed by atoms with Gasteiger partial charge in [0.25, 0.3) is 5.56 Å². The molecule has 22 heavy (non-hydrogen) atoms. The maximum Gasteiger partial charge on any atom is 0.251 e. The Balaban J connectivity index is 0.00000144. The van der Waals surface area contributed by atoms with E-state index in [0.29, 0.717) is 5.92 Å². The lowest BCUT2D eigenvalue weighted by Gasteiger charge is -2.23. The fraction of sp³-hybridized carbons (Fsp3) is 0.357. The van der Waals surface area contributed by atoms with Crippen molar-refractivity contribution in [1.29, 1.82) is 0 Å². The Hall–Kier alpha value is -1.70. The third-order valence-electron chi connectivity index (χ3n) is 4.00. The molecule has 6 nitrogen and oxygen atoms in total. The molecule has 1 aliphatic heterocycles. The Morgan fingerprint density at radius 2 is 2.14 bits per heavy atom. The van der Waals surface area contributed by atoms with Crippen LogP contribution in [0.1, 0.15) is 24.5 Å². The second-order valence-electron chi connectivity index (χ2n) is 5.28. The number of hydrogen-bond acceptors (Lipinski definition) is 5. The van der Waals surface area contributed by atoms with Gasteiger partial charge in [-0.3, -0.25) is 4.79 Å². The van der Waals surface area contributed by atoms with Crippen LogP contribution in [0.4, 0.5) is 0 Å². The molecule has 1 aliphatic rings. The number of piperidine rings is 1. The van der Waals surface area contributed by atoms with Gasteiger partial charge in [0.2, 0.25) is 0 Å². The zero-order valence-corrected chi connectivity index (χ0v) is 13.4. The van der Waals surface area contributed by atoms with Gasteiger partial charge in [0, 0.05) is 18.2 Å². The highest BCUT2D eigenvalue weighted by Crippen LogP contribution is 2.29. The molecule has 3 aromatic heterocycles. The zero-order chi connectivity index (χ0) is 14.2. The van der Waals surface area contributed by atoms with Crippen molar-refractivity contribution >= 4 is 29.6 Å². The number of nitrogens with zero attached hydrogens (tertiary/aromatic N) is 3. The van der Waals surface area contributed by atoms with Crippen LogP contribution in [0.5, 0.6) is 0 Å². The molecule has 116 valence electrons. The van der Waals surface area contributed by atoms with E-state index in [4.69, 9.17) is 0 Å². The van der Waals surface area contributed by atoms with Crippen molar-refractivity contribution in [3.05, 3.63) is 40.6 Å². The van der Waals surface area contributed by atoms with E-state index < -0.39 is 0 Å². The molecule has 1 saturated heterocycles. The molecule has 4 rings (SSSR count). The molecule has 4 heterocycles. The van der Waals surface area contributed by atoms with Crippen LogP contribution in [-0.4, -0.2) is 32.1 Å². The summed E-state index contributed by atoms with van der Waals surface area (Å²) in [7, 11) is 0. The lowest BCUT2D eigenvalue weighted by molar-refractivity contribution is 0.446. The molecule has 0 atom stereocenters. The van der Waals surface area contributed by atoms with Gasteiger partial charge in [-0.1, -0.05) is 0 Å². The van der Waals surface area contributed by atoms with Crippen LogP contribution in [0.25, 0.3) is 16.1 Å². The minimum Gasteiger partial charge on any atom is -0.317 e. The molecular formula is C14H16ClN5OS. The van der Waals surface area contributed by atoms with E-state index in [2.05, 4.69) is 19.8 Å². The molecule has 0 radical (unpaired) electrons. The van der Waals surface area contributed by atoms with Crippen LogP contribution < -0.4 is 10.9 Å². The normalized spacial score (nSPS) is 15.8. The van der Waals surface area contributed by atoms with Crippen molar-refractivity contribution in [2.75, 3.05) is 13.1 Å². The average molecular weight is 338 g/mol. The highest BCUT2D eigenvalue weighted by atomic mass is 35.5. The Kier molecular flexibility index (Phi) is 4.28. The molecule has 2 N–H and O–H groups in total. The summed E-state index contributed by atoms with van der Waals surface area (Å²) in [5.41, 5.74) is 2.64. The average Bonchev–Trinajstić information content (AvgIpc) is 3.15. The summed E-state index contributed by atoms with van der Waals surface area (Å²) in [6.45, 7) is 1.98. The molecule has 0 saturated carbocycles. The second-order valence-corrected chi connectivity index (χ2v) is 6.11. The van der Waals surface area contributed by atoms with Crippen LogP contribution >= 0.6 is 23.9 Å². The van der Waals surface area contributed by atoms with Gasteiger partial charge in [-0.25, -0.2) is 8.89 Å². The smallest absolute Gasteiger partial charge is 0.251 e. The Morgan fingerprint density at radius 3 is 2.86 bits per heavy atom. The van der Waals surface area contributed by atoms with E-state index in [1.165, 1.54) is 11.5 Å². The lowest BCUT2D eigenvalue weighted by atomic mass is 9.94. The predicted octanol–water partition coefficient (Wildman–Crippen LogP) is 2.03. The van der Waals surface area contributed by atoms with Crippen molar-refractivity contribution in [3.63, 3.8) is 0 Å². The molecule has 8 heteroatoms. The number of nitrogens with one attached hydrogen (secondary N) is 2. The number of aromatic amines is 1. The van der Waals surface area contributed by atoms with Gasteiger partial charge < -0.3 is 10.3 Å². The van der Waals surface area contributed by atoms with Gasteiger partial charge in [-0.15, -0.1) is 12.4 Å². The third kappa shape index (κ3) is 2.55. The van der Waals surface area contributed by atoms with Crippen molar-refractivity contribution < 1.29 is 0 Å². The van der Waals surface area contributed by atoms with E-state index in [9.17, 15) is 4.79 Å². The highest BCUT2D eigenvalue weighted by molar-refractivity contribution is 7.09. The maximum atomic E-state index is 12.0. The molecule has 0 unspecified atom stereocenters. The third-order valence-corrected chi connectivity index (χ3v) is 4.77. The first kappa shape index (κ1) is 15.2. The number of H-pyrrole nitrogens is 1. The van der Waals surface area contributed by atoms with E-state index in [1.54, 1.807) is 12.3 Å². The standard InChI is InChI=1S/C14H15N5OS.ClH/c20-13-7-11(9-1-4-15-5-2-9)19-14(18-13)10(8-16-19)12-3-6-17-21-12;/h3,6-9,15H,1-2,4-5H2,(H,18,20);1H. The molecule has 3 aromatic rings. The van der Waals surface area contributed by atoms with Crippen LogP contribution in [-0.2, 0) is 0 Å². The monoisotopic (exact) mass is 337 g/mol. The van der Waals surface area contributed by atoms with Gasteiger partial charge >= 0.3 is 0 Å². The molecule has 0 bridgehead atoms. The Bertz CT molecular complexity index is 819. The van der Waals surface area contributed by atoms with Crippen LogP contribution in [0.15, 0.2) is 29.3 Å². The topological polar surface area (TPSA) is 75.1 Å². The number of fused-ring (bicyclic) bond motifs is 1. The SMILES string of the molecule is Cl.O=c1cc(C2CCNCC2)n2ncc(-c3ccns3)c2[nH]1. The summed E-state index contributed by atoms with van der Waals surface area (Å²) in [6.07, 6.45) is 5.64. The maximum absolute atomic E-state index is 12.0. The fourth-order valence-electron chi connectivity index (χ4n) is 2.96. The van der Waals surface area contributed by atoms with Gasteiger partial charge in [0.05, 0.1) is 22.3 Å². The minimum atomic E-state index is -0.0673. The first-order chi connectivity index (χ1) is 10.3. The molecule has 0 aliphatic carbocycles. The predicted molar refractivity (Wildman–Crippen MR) is 89.0 cm³/mol. The van der Waals surface area contributed by atoms with Crippen LogP contribution in [0, 0.1) is 0 Å². The first-order valence-corrected chi connectivity index (χ1v) is 7.83. The van der Waals surface area contributed by atoms with Crippen LogP contribution in [0.3, 0.4) is 0 Å². The number of rotatable bonds is 2. The van der Waals surface area contributed by atoms with Gasteiger partial charge in [-0.05, 0) is 43.5 Å². The summed E-state index contributed by atoms with van der Waals surface area (Å²) in [5.74, 6) is 0.380. The number of aromatic nitrogens is 4. The van der Waals surface area contributed by atoms with Crippen LogP contribution in [0.2, 0.25) is 0 Å². The van der Waals surface area contributed by atoms with Gasteiger partial charge in [0.1, 0.15) is 5.65 Å². The van der Waals surface area contributed by atoms with E-state index >= 15 is 0 Å². The first-order valence-electron chi connectivity index (χ1n) is 7.05. The summed E-state index contributed by atoms with van der Waals surface area (Å²) < 4.78 is 6.01. The molecule has 0 spiro atoms. The second kappa shape index (κ2) is 6.20. The van der Waals surface area contributed by atoms with E-state index in [-0.39, 0.29) is 18.0 Å². The number of halogens is 1. The minimum absolute atomic E-state index is 0. The Labute approximate surface area is 137 Å². The van der Waals surface area contributed by atoms with Gasteiger partial charge in [-0.2, -0.15) is 5.10 Å². The number of hydrogen-bond donors (Lipinski definition) is 2. The zero-order valence-electron chi connectivity index (χ0n) is 11.8. The molecule has 0 aromatic carbocycles. The highest BCUT2D eigenvalue weighted by Gasteiger charge is 2.21. The van der Waals surface area contributed by atoms with Crippen molar-refractivity contribution in [2.45, 2.75) is 18.8 Å². The molecular weight excluding hydrogens is 322 g/mol. The fourth-order valence-corrected chi connectivity index (χ4v) is 3.56. The summed E-state index contributed by atoms with van der Waals surface area (Å²) in [6, 6.07) is 3.63. The van der Waals surface area contributed by atoms with E-state index in [0.717, 1.165) is 47.7 Å². The van der Waals surface area contributed by atoms with Crippen molar-refractivity contribution in [1.82, 2.24) is 24.3 Å². The summed E-state index contributed by atoms with van der Waals surface area (Å²) >= 11 is 1.41. The Morgan fingerprint density at radius 1 is 1.32 bits per heavy atom. The van der Waals surface area contributed by atoms with Crippen molar-refractivity contribution in [3.8, 4) is 10.4 Å². The summed E-state index contributed by atoms with van der Waals surface area (Å²) in [4.78, 5) is 16.0. The van der Waals surface area contributed by atoms with E-state index in [1.807, 2.05) is 16.8 Å².